The number of aromatic nitrogens is 16. The molecule has 17 aromatic rings. The van der Waals surface area contributed by atoms with Crippen LogP contribution in [0.25, 0.3) is 94.4 Å². The molecule has 688 valence electrons. The second-order valence-electron chi connectivity index (χ2n) is 32.0. The van der Waals surface area contributed by atoms with Gasteiger partial charge in [0.1, 0.15) is 82.1 Å². The number of amides is 1. The number of nitrogens with one attached hydrogen (secondary N) is 3. The summed E-state index contributed by atoms with van der Waals surface area (Å²) in [7, 11) is -0.0684. The van der Waals surface area contributed by atoms with Gasteiger partial charge >= 0.3 is 0 Å². The van der Waals surface area contributed by atoms with Gasteiger partial charge in [0.2, 0.25) is 27.3 Å². The van der Waals surface area contributed by atoms with Crippen molar-refractivity contribution in [3.63, 3.8) is 0 Å². The molecule has 21 rings (SSSR count). The molecule has 8 N–H and O–H groups in total. The summed E-state index contributed by atoms with van der Waals surface area (Å²) >= 11 is 1.44. The first-order valence-corrected chi connectivity index (χ1v) is 45.7. The predicted molar refractivity (Wildman–Crippen MR) is 513 cm³/mol. The Morgan fingerprint density at radius 3 is 2.33 bits per heavy atom. The number of aromatic hydroxyl groups is 1. The average molecular weight is 1870 g/mol. The minimum atomic E-state index is -3.19. The van der Waals surface area contributed by atoms with E-state index < -0.39 is 28.3 Å². The van der Waals surface area contributed by atoms with Crippen LogP contribution < -0.4 is 47.5 Å². The Balaban J connectivity index is 0.000000122. The molecule has 2 fully saturated rings. The lowest BCUT2D eigenvalue weighted by Gasteiger charge is -2.33. The highest BCUT2D eigenvalue weighted by atomic mass is 32.2. The number of carbonyl (C=O) groups excluding carboxylic acids is 1. The van der Waals surface area contributed by atoms with Gasteiger partial charge in [0, 0.05) is 98.0 Å². The molecule has 4 aliphatic heterocycles. The number of aliphatic imine (C=N–C) groups is 2. The van der Waals surface area contributed by atoms with Gasteiger partial charge in [-0.3, -0.25) is 33.5 Å². The van der Waals surface area contributed by atoms with E-state index in [2.05, 4.69) is 71.3 Å². The van der Waals surface area contributed by atoms with Crippen LogP contribution in [0.5, 0.6) is 17.4 Å². The number of methoxy groups -OCH3 is 2. The number of imidazole rings is 2. The van der Waals surface area contributed by atoms with Gasteiger partial charge in [0.15, 0.2) is 28.8 Å². The lowest BCUT2D eigenvalue weighted by atomic mass is 9.99. The van der Waals surface area contributed by atoms with Crippen LogP contribution >= 0.6 is 11.3 Å². The molecule has 0 bridgehead atoms. The minimum Gasteiger partial charge on any atom is -0.508 e. The Labute approximate surface area is 777 Å². The molecule has 14 heterocycles. The number of fused-ring (bicyclic) bond motifs is 7. The zero-order valence-corrected chi connectivity index (χ0v) is 75.4. The Morgan fingerprint density at radius 2 is 1.56 bits per heavy atom. The fraction of sp³-hybridized carbons (Fsp3) is 0.219. The highest BCUT2D eigenvalue weighted by molar-refractivity contribution is 7.88. The van der Waals surface area contributed by atoms with Crippen LogP contribution in [0.1, 0.15) is 86.7 Å². The molecule has 2 saturated heterocycles. The molecule has 136 heavy (non-hydrogen) atoms. The van der Waals surface area contributed by atoms with Crippen molar-refractivity contribution in [1.29, 1.82) is 0 Å². The van der Waals surface area contributed by atoms with E-state index >= 15 is 0 Å². The van der Waals surface area contributed by atoms with Crippen LogP contribution in [0.3, 0.4) is 0 Å². The maximum absolute atomic E-state index is 14.2. The quantitative estimate of drug-likeness (QED) is 0.0364. The smallest absolute Gasteiger partial charge is 0.296 e. The molecule has 1 amide bonds. The van der Waals surface area contributed by atoms with Crippen molar-refractivity contribution in [2.75, 3.05) is 107 Å². The second kappa shape index (κ2) is 39.0. The number of rotatable bonds is 21. The molecule has 0 unspecified atom stereocenters. The third kappa shape index (κ3) is 19.0. The standard InChI is InChI=1S/C30H23N7O3.C25H30F2N8O3S.C22H16FN5O2.C19H17N5O2S/c1-3-19-8-6-12-23-25(19)30(39)36(15-18-7-4-11-22(13-18)40-2)24(34-23)16-37-29-26(28(31)32-17-33-29)27(35-37)20-9-5-10-21(38)14-20;1-39(36,37)34-10-8-32(9-11-34)7-6-17-16-19-21(28-17)23(31-25(30-19)33-12-14-38-15-13-33)35-20-5-3-2-4-18(20)29-24(35)22(26)27;1-12(28-22-18-21(25-10-24-18)26-11-27-22)20-17(13-5-4-6-14(23)9-13)19(29)15-7-2-3-8-16(15)30-20;1-10-23-17(9-27-10)18(25)24-16-5-11(3-13-6-21-8-14(13)16)12-4-15(20)19(26-2)22-7-12/h1,4-14,17,38H,15-16H2,2H3,(H2,31,32,33);2-5,22H,6-16H2,1H3;2-12H,1H3,(H2,24,25,26,27,28);3-5,7-9H,6,20H2,1-2H3,(H,24,25)/t;;12-;/m..1./s1. The number of nitrogen functional groups attached to an aromatic ring is 2. The number of sulfonamides is 1. The summed E-state index contributed by atoms with van der Waals surface area (Å²) in [5.41, 5.74) is 25.9. The molecular formula is C96H86F3N25O10S2. The number of carbonyl (C=O) groups is 1. The molecule has 0 radical (unpaired) electrons. The van der Waals surface area contributed by atoms with Crippen LogP contribution in [0.4, 0.5) is 47.8 Å². The summed E-state index contributed by atoms with van der Waals surface area (Å²) < 4.78 is 94.3. The molecule has 4 aliphatic rings. The van der Waals surface area contributed by atoms with E-state index in [0.717, 1.165) is 45.1 Å². The average Bonchev–Trinajstić information content (AvgIpc) is 1.59. The number of benzene rings is 7. The SMILES string of the molecule is C#Cc1cccc2nc(Cn3nc(-c4cccc(O)c4)c4c(N)ncnc43)n(Cc3cccc(OC)c3)c(=O)c12.COc1ncc(-c2cc3c(c(NC(=O)c4csc(C)n4)c2)C=NC3)cc1N.CS(=O)(=O)N1CCN(CCC2=Nc3c(nc(N4CCOCC4)nc3-n3c(C(F)F)nc4ccccc43)C2)CC1.C[C@@H](Nc1ncnc2nc[nH]c12)c1oc2ccccc2c(=O)c1-c1cccc(F)c1. The first-order valence-electron chi connectivity index (χ1n) is 42.9. The number of morpholine rings is 1. The Kier molecular flexibility index (Phi) is 25.9. The summed E-state index contributed by atoms with van der Waals surface area (Å²) in [4.78, 5) is 105. The highest BCUT2D eigenvalue weighted by Gasteiger charge is 2.33. The molecule has 40 heteroatoms. The molecule has 7 aromatic carbocycles. The summed E-state index contributed by atoms with van der Waals surface area (Å²) in [6, 6.07) is 44.7. The molecular weight excluding hydrogens is 1780 g/mol. The number of phenolic OH excluding ortho intramolecular Hbond substituents is 1. The van der Waals surface area contributed by atoms with Crippen molar-refractivity contribution >= 4 is 129 Å². The van der Waals surface area contributed by atoms with Crippen molar-refractivity contribution < 1.29 is 50.1 Å². The number of nitrogens with two attached hydrogens (primary N) is 2. The number of ether oxygens (including phenoxy) is 3. The van der Waals surface area contributed by atoms with E-state index in [-0.39, 0.29) is 47.4 Å². The van der Waals surface area contributed by atoms with Gasteiger partial charge in [-0.15, -0.1) is 17.8 Å². The second-order valence-corrected chi connectivity index (χ2v) is 35.1. The van der Waals surface area contributed by atoms with Crippen molar-refractivity contribution in [1.82, 2.24) is 87.9 Å². The topological polar surface area (TPSA) is 442 Å². The van der Waals surface area contributed by atoms with Gasteiger partial charge in [0.05, 0.1) is 119 Å². The molecule has 10 aromatic heterocycles. The van der Waals surface area contributed by atoms with Gasteiger partial charge < -0.3 is 60.6 Å². The van der Waals surface area contributed by atoms with Gasteiger partial charge in [-0.1, -0.05) is 72.7 Å². The molecule has 0 aliphatic carbocycles. The van der Waals surface area contributed by atoms with Crippen LogP contribution in [-0.2, 0) is 40.8 Å². The number of pyridine rings is 1. The first kappa shape index (κ1) is 90.5. The largest absolute Gasteiger partial charge is 0.508 e. The zero-order valence-electron chi connectivity index (χ0n) is 73.8. The number of hydrogen-bond donors (Lipinski definition) is 6. The fourth-order valence-electron chi connectivity index (χ4n) is 16.6. The molecule has 0 saturated carbocycles. The minimum absolute atomic E-state index is 0.0864. The van der Waals surface area contributed by atoms with Crippen LogP contribution in [-0.4, -0.2) is 199 Å². The van der Waals surface area contributed by atoms with Gasteiger partial charge in [-0.05, 0) is 134 Å². The van der Waals surface area contributed by atoms with E-state index in [9.17, 15) is 41.1 Å². The highest BCUT2D eigenvalue weighted by Crippen LogP contribution is 2.41. The van der Waals surface area contributed by atoms with Crippen LogP contribution in [0.2, 0.25) is 0 Å². The maximum Gasteiger partial charge on any atom is 0.296 e. The number of aryl methyl sites for hydroxylation is 1. The number of nitrogens with zero attached hydrogens (tertiary/aromatic N) is 20. The van der Waals surface area contributed by atoms with Crippen molar-refractivity contribution in [3.8, 4) is 69.1 Å². The fourth-order valence-corrected chi connectivity index (χ4v) is 18.0. The van der Waals surface area contributed by atoms with Gasteiger partial charge in [-0.25, -0.2) is 76.1 Å². The van der Waals surface area contributed by atoms with Crippen molar-refractivity contribution in [2.45, 2.75) is 58.8 Å². The Bertz CT molecular complexity index is 7860. The lowest BCUT2D eigenvalue weighted by molar-refractivity contribution is 0.102. The number of alkyl halides is 2. The lowest BCUT2D eigenvalue weighted by Crippen LogP contribution is -2.48. The normalized spacial score (nSPS) is 13.9. The number of thiazole rings is 1. The number of terminal acetylenes is 1. The number of piperazine rings is 1. The summed E-state index contributed by atoms with van der Waals surface area (Å²) in [5, 5.41) is 25.0. The number of anilines is 5. The monoisotopic (exact) mass is 1870 g/mol. The van der Waals surface area contributed by atoms with Gasteiger partial charge in [0.25, 0.3) is 17.9 Å². The van der Waals surface area contributed by atoms with Crippen molar-refractivity contribution in [3.05, 3.63) is 271 Å². The van der Waals surface area contributed by atoms with Crippen LogP contribution in [0, 0.1) is 25.1 Å². The van der Waals surface area contributed by atoms with Crippen molar-refractivity contribution in [2.24, 2.45) is 9.98 Å². The number of H-pyrrole nitrogens is 1. The first-order chi connectivity index (χ1) is 65.9. The molecule has 0 spiro atoms. The number of halogens is 3. The van der Waals surface area contributed by atoms with Crippen LogP contribution in [0.15, 0.2) is 212 Å². The molecule has 1 atom stereocenters. The van der Waals surface area contributed by atoms with E-state index in [0.29, 0.717) is 224 Å². The van der Waals surface area contributed by atoms with E-state index in [1.807, 2.05) is 61.2 Å². The summed E-state index contributed by atoms with van der Waals surface area (Å²) in [5.74, 6) is 5.07. The van der Waals surface area contributed by atoms with E-state index in [1.54, 1.807) is 137 Å². The molecule has 35 nitrogen and oxygen atoms in total. The van der Waals surface area contributed by atoms with Gasteiger partial charge in [-0.2, -0.15) is 14.4 Å². The zero-order chi connectivity index (χ0) is 94.6. The number of hydrogen-bond acceptors (Lipinski definition) is 30. The summed E-state index contributed by atoms with van der Waals surface area (Å²) in [6.45, 7) is 9.87. The predicted octanol–water partition coefficient (Wildman–Crippen LogP) is 13.5. The Morgan fingerprint density at radius 1 is 0.779 bits per heavy atom. The number of para-hydroxylation sites is 3. The number of phenols is 1. The van der Waals surface area contributed by atoms with E-state index in [1.165, 1.54) is 64.7 Å². The van der Waals surface area contributed by atoms with E-state index in [4.69, 9.17) is 61.6 Å². The third-order valence-corrected chi connectivity index (χ3v) is 25.3. The maximum atomic E-state index is 14.2. The number of aromatic amines is 1. The third-order valence-electron chi connectivity index (χ3n) is 23.2. The Hall–Kier alpha value is -16.1. The summed E-state index contributed by atoms with van der Waals surface area (Å²) in [6.07, 6.45) is 13.1.